The van der Waals surface area contributed by atoms with Gasteiger partial charge in [0.05, 0.1) is 16.6 Å². The van der Waals surface area contributed by atoms with Crippen LogP contribution in [-0.4, -0.2) is 35.5 Å². The van der Waals surface area contributed by atoms with Crippen LogP contribution in [0, 0.1) is 11.6 Å². The SMILES string of the molecule is CCC(=O)c1ccc(Cn2cc(C(=O)NC3CCOCC3)c3c(F)cccc32)cc1F. The van der Waals surface area contributed by atoms with Gasteiger partial charge in [-0.15, -0.1) is 0 Å². The van der Waals surface area contributed by atoms with Crippen molar-refractivity contribution in [3.63, 3.8) is 0 Å². The number of Topliss-reactive ketones (excluding diaryl/α,β-unsaturated/α-hetero) is 1. The van der Waals surface area contributed by atoms with Gasteiger partial charge in [0, 0.05) is 43.8 Å². The van der Waals surface area contributed by atoms with Gasteiger partial charge >= 0.3 is 0 Å². The molecule has 3 aromatic rings. The van der Waals surface area contributed by atoms with Crippen molar-refractivity contribution in [2.24, 2.45) is 0 Å². The van der Waals surface area contributed by atoms with Gasteiger partial charge in [-0.05, 0) is 42.7 Å². The maximum absolute atomic E-state index is 14.7. The number of benzene rings is 2. The Hall–Kier alpha value is -3.06. The lowest BCUT2D eigenvalue weighted by Crippen LogP contribution is -2.38. The van der Waals surface area contributed by atoms with Crippen LogP contribution in [0.25, 0.3) is 10.9 Å². The van der Waals surface area contributed by atoms with Crippen LogP contribution < -0.4 is 5.32 Å². The van der Waals surface area contributed by atoms with Gasteiger partial charge in [-0.3, -0.25) is 9.59 Å². The van der Waals surface area contributed by atoms with Crippen LogP contribution >= 0.6 is 0 Å². The van der Waals surface area contributed by atoms with Gasteiger partial charge in [0.15, 0.2) is 5.78 Å². The van der Waals surface area contributed by atoms with E-state index in [4.69, 9.17) is 4.74 Å². The molecule has 1 fully saturated rings. The Morgan fingerprint density at radius 1 is 1.10 bits per heavy atom. The minimum absolute atomic E-state index is 0.0100. The average molecular weight is 426 g/mol. The number of nitrogens with zero attached hydrogens (tertiary/aromatic N) is 1. The molecule has 7 heteroatoms. The molecule has 2 aromatic carbocycles. The number of ketones is 1. The Balaban J connectivity index is 1.66. The first-order valence-corrected chi connectivity index (χ1v) is 10.5. The smallest absolute Gasteiger partial charge is 0.253 e. The summed E-state index contributed by atoms with van der Waals surface area (Å²) in [7, 11) is 0. The first kappa shape index (κ1) is 21.2. The Labute approximate surface area is 179 Å². The Kier molecular flexibility index (Phi) is 6.13. The van der Waals surface area contributed by atoms with Crippen LogP contribution in [0.1, 0.15) is 52.5 Å². The topological polar surface area (TPSA) is 60.3 Å². The number of hydrogen-bond acceptors (Lipinski definition) is 3. The number of halogens is 2. The minimum Gasteiger partial charge on any atom is -0.381 e. The lowest BCUT2D eigenvalue weighted by molar-refractivity contribution is 0.0697. The van der Waals surface area contributed by atoms with Crippen LogP contribution in [0.5, 0.6) is 0 Å². The largest absolute Gasteiger partial charge is 0.381 e. The summed E-state index contributed by atoms with van der Waals surface area (Å²) in [5, 5.41) is 3.21. The van der Waals surface area contributed by atoms with E-state index in [-0.39, 0.29) is 47.2 Å². The van der Waals surface area contributed by atoms with Crippen LogP contribution in [0.15, 0.2) is 42.6 Å². The number of ether oxygens (including phenoxy) is 1. The van der Waals surface area contributed by atoms with Gasteiger partial charge in [-0.2, -0.15) is 0 Å². The van der Waals surface area contributed by atoms with Crippen molar-refractivity contribution >= 4 is 22.6 Å². The molecule has 1 aliphatic rings. The molecular weight excluding hydrogens is 402 g/mol. The quantitative estimate of drug-likeness (QED) is 0.592. The predicted octanol–water partition coefficient (Wildman–Crippen LogP) is 4.47. The number of amides is 1. The van der Waals surface area contributed by atoms with E-state index in [0.717, 1.165) is 12.8 Å². The Bertz CT molecular complexity index is 1130. The standard InChI is InChI=1S/C24H24F2N2O3/c1-2-22(29)17-7-6-15(12-20(17)26)13-28-14-18(23-19(25)4-3-5-21(23)28)24(30)27-16-8-10-31-11-9-16/h3-7,12,14,16H,2,8-11,13H2,1H3,(H,27,30). The summed E-state index contributed by atoms with van der Waals surface area (Å²) in [5.41, 5.74) is 1.47. The third-order valence-electron chi connectivity index (χ3n) is 5.66. The number of carbonyl (C=O) groups excluding carboxylic acids is 2. The van der Waals surface area contributed by atoms with Crippen molar-refractivity contribution in [1.82, 2.24) is 9.88 Å². The number of hydrogen-bond donors (Lipinski definition) is 1. The predicted molar refractivity (Wildman–Crippen MR) is 113 cm³/mol. The molecule has 0 radical (unpaired) electrons. The molecule has 31 heavy (non-hydrogen) atoms. The molecule has 2 heterocycles. The highest BCUT2D eigenvalue weighted by molar-refractivity contribution is 6.07. The fraction of sp³-hybridized carbons (Fsp3) is 0.333. The Morgan fingerprint density at radius 2 is 1.87 bits per heavy atom. The molecular formula is C24H24F2N2O3. The van der Waals surface area contributed by atoms with Gasteiger partial charge in [-0.25, -0.2) is 8.78 Å². The molecule has 0 atom stereocenters. The second kappa shape index (κ2) is 8.98. The molecule has 5 nitrogen and oxygen atoms in total. The highest BCUT2D eigenvalue weighted by atomic mass is 19.1. The summed E-state index contributed by atoms with van der Waals surface area (Å²) in [6.07, 6.45) is 3.26. The lowest BCUT2D eigenvalue weighted by atomic mass is 10.1. The Morgan fingerprint density at radius 3 is 2.58 bits per heavy atom. The molecule has 0 saturated carbocycles. The van der Waals surface area contributed by atoms with Gasteiger partial charge in [0.1, 0.15) is 11.6 Å². The van der Waals surface area contributed by atoms with Crippen LogP contribution in [0.3, 0.4) is 0 Å². The second-order valence-corrected chi connectivity index (χ2v) is 7.76. The van der Waals surface area contributed by atoms with Gasteiger partial charge in [0.2, 0.25) is 0 Å². The van der Waals surface area contributed by atoms with E-state index >= 15 is 0 Å². The average Bonchev–Trinajstić information content (AvgIpc) is 3.14. The molecule has 0 aliphatic carbocycles. The molecule has 1 aromatic heterocycles. The highest BCUT2D eigenvalue weighted by Gasteiger charge is 2.22. The van der Waals surface area contributed by atoms with Crippen molar-refractivity contribution < 1.29 is 23.1 Å². The van der Waals surface area contributed by atoms with Crippen molar-refractivity contribution in [3.05, 3.63) is 70.9 Å². The zero-order valence-corrected chi connectivity index (χ0v) is 17.3. The third kappa shape index (κ3) is 4.37. The van der Waals surface area contributed by atoms with Crippen LogP contribution in [0.4, 0.5) is 8.78 Å². The maximum atomic E-state index is 14.7. The molecule has 1 N–H and O–H groups in total. The van der Waals surface area contributed by atoms with Gasteiger partial charge in [-0.1, -0.05) is 19.1 Å². The molecule has 162 valence electrons. The maximum Gasteiger partial charge on any atom is 0.253 e. The summed E-state index contributed by atoms with van der Waals surface area (Å²) >= 11 is 0. The lowest BCUT2D eigenvalue weighted by Gasteiger charge is -2.22. The monoisotopic (exact) mass is 426 g/mol. The molecule has 1 amide bonds. The highest BCUT2D eigenvalue weighted by Crippen LogP contribution is 2.26. The van der Waals surface area contributed by atoms with Crippen molar-refractivity contribution in [2.75, 3.05) is 13.2 Å². The number of carbonyl (C=O) groups is 2. The van der Waals surface area contributed by atoms with Crippen LogP contribution in [0.2, 0.25) is 0 Å². The van der Waals surface area contributed by atoms with E-state index in [1.165, 1.54) is 18.2 Å². The molecule has 1 aliphatic heterocycles. The number of nitrogens with one attached hydrogen (secondary N) is 1. The van der Waals surface area contributed by atoms with E-state index in [1.807, 2.05) is 0 Å². The second-order valence-electron chi connectivity index (χ2n) is 7.76. The van der Waals surface area contributed by atoms with E-state index in [0.29, 0.717) is 24.3 Å². The van der Waals surface area contributed by atoms with Gasteiger partial charge in [0.25, 0.3) is 5.91 Å². The van der Waals surface area contributed by atoms with E-state index in [1.54, 1.807) is 35.9 Å². The van der Waals surface area contributed by atoms with Gasteiger partial charge < -0.3 is 14.6 Å². The van der Waals surface area contributed by atoms with E-state index in [9.17, 15) is 18.4 Å². The van der Waals surface area contributed by atoms with Crippen molar-refractivity contribution in [1.29, 1.82) is 0 Å². The van der Waals surface area contributed by atoms with Crippen molar-refractivity contribution in [2.45, 2.75) is 38.8 Å². The third-order valence-corrected chi connectivity index (χ3v) is 5.66. The number of rotatable bonds is 6. The summed E-state index contributed by atoms with van der Waals surface area (Å²) in [4.78, 5) is 24.7. The zero-order chi connectivity index (χ0) is 22.0. The van der Waals surface area contributed by atoms with E-state index < -0.39 is 11.6 Å². The molecule has 0 bridgehead atoms. The van der Waals surface area contributed by atoms with Crippen LogP contribution in [-0.2, 0) is 11.3 Å². The summed E-state index contributed by atoms with van der Waals surface area (Å²) in [5.74, 6) is -1.66. The minimum atomic E-state index is -0.579. The molecule has 0 spiro atoms. The molecule has 1 saturated heterocycles. The number of fused-ring (bicyclic) bond motifs is 1. The fourth-order valence-electron chi connectivity index (χ4n) is 3.99. The first-order valence-electron chi connectivity index (χ1n) is 10.5. The molecule has 0 unspecified atom stereocenters. The normalized spacial score (nSPS) is 14.7. The summed E-state index contributed by atoms with van der Waals surface area (Å²) < 4.78 is 36.1. The van der Waals surface area contributed by atoms with Crippen molar-refractivity contribution in [3.8, 4) is 0 Å². The fourth-order valence-corrected chi connectivity index (χ4v) is 3.99. The number of aromatic nitrogens is 1. The zero-order valence-electron chi connectivity index (χ0n) is 17.3. The van der Waals surface area contributed by atoms with E-state index in [2.05, 4.69) is 5.32 Å². The summed E-state index contributed by atoms with van der Waals surface area (Å²) in [6, 6.07) is 9.09. The first-order chi connectivity index (χ1) is 15.0. The summed E-state index contributed by atoms with van der Waals surface area (Å²) in [6.45, 7) is 3.09. The molecule has 4 rings (SSSR count).